The van der Waals surface area contributed by atoms with E-state index in [-0.39, 0.29) is 6.03 Å². The van der Waals surface area contributed by atoms with Crippen molar-refractivity contribution in [2.45, 2.75) is 13.3 Å². The first kappa shape index (κ1) is 13.7. The Morgan fingerprint density at radius 3 is 2.84 bits per heavy atom. The monoisotopic (exact) mass is 264 g/mol. The van der Waals surface area contributed by atoms with Crippen LogP contribution in [0.5, 0.6) is 5.75 Å². The Hall–Kier alpha value is -1.75. The Morgan fingerprint density at radius 2 is 2.11 bits per heavy atom. The van der Waals surface area contributed by atoms with Crippen molar-refractivity contribution < 1.29 is 14.3 Å². The number of nitrogens with one attached hydrogen (secondary N) is 1. The third kappa shape index (κ3) is 3.86. The number of morpholine rings is 1. The molecule has 104 valence electrons. The van der Waals surface area contributed by atoms with E-state index in [2.05, 4.69) is 12.2 Å². The number of amides is 2. The predicted molar refractivity (Wildman–Crippen MR) is 73.6 cm³/mol. The van der Waals surface area contributed by atoms with Gasteiger partial charge in [-0.05, 0) is 18.6 Å². The molecule has 0 atom stereocenters. The van der Waals surface area contributed by atoms with Gasteiger partial charge in [-0.15, -0.1) is 0 Å². The van der Waals surface area contributed by atoms with Crippen molar-refractivity contribution >= 4 is 11.7 Å². The van der Waals surface area contributed by atoms with Crippen LogP contribution in [-0.2, 0) is 4.74 Å². The Bertz CT molecular complexity index is 417. The smallest absolute Gasteiger partial charge is 0.322 e. The minimum atomic E-state index is -0.101. The number of benzene rings is 1. The number of ether oxygens (including phenoxy) is 2. The number of rotatable bonds is 4. The molecule has 1 aliphatic heterocycles. The van der Waals surface area contributed by atoms with Gasteiger partial charge in [0.2, 0.25) is 0 Å². The van der Waals surface area contributed by atoms with Crippen LogP contribution in [0.25, 0.3) is 0 Å². The molecular formula is C14H20N2O3. The van der Waals surface area contributed by atoms with Crippen LogP contribution < -0.4 is 10.1 Å². The van der Waals surface area contributed by atoms with Crippen molar-refractivity contribution in [1.82, 2.24) is 4.90 Å². The second-order valence-electron chi connectivity index (χ2n) is 4.37. The number of anilines is 1. The molecule has 1 heterocycles. The van der Waals surface area contributed by atoms with Crippen LogP contribution >= 0.6 is 0 Å². The molecule has 0 aliphatic carbocycles. The summed E-state index contributed by atoms with van der Waals surface area (Å²) in [6.07, 6.45) is 0.936. The molecule has 2 amide bonds. The lowest BCUT2D eigenvalue weighted by molar-refractivity contribution is 0.0564. The van der Waals surface area contributed by atoms with Gasteiger partial charge in [0.25, 0.3) is 0 Å². The van der Waals surface area contributed by atoms with Crippen molar-refractivity contribution in [2.75, 3.05) is 38.2 Å². The molecule has 0 saturated carbocycles. The van der Waals surface area contributed by atoms with Crippen LogP contribution in [0.1, 0.15) is 13.3 Å². The zero-order chi connectivity index (χ0) is 13.5. The Balaban J connectivity index is 1.99. The molecule has 0 radical (unpaired) electrons. The molecule has 5 nitrogen and oxygen atoms in total. The maximum atomic E-state index is 12.1. The van der Waals surface area contributed by atoms with E-state index in [0.717, 1.165) is 6.42 Å². The Morgan fingerprint density at radius 1 is 1.37 bits per heavy atom. The molecule has 1 fully saturated rings. The van der Waals surface area contributed by atoms with Crippen molar-refractivity contribution in [3.63, 3.8) is 0 Å². The van der Waals surface area contributed by atoms with E-state index in [1.165, 1.54) is 0 Å². The number of hydrogen-bond acceptors (Lipinski definition) is 3. The summed E-state index contributed by atoms with van der Waals surface area (Å²) in [5.74, 6) is 0.714. The van der Waals surface area contributed by atoms with E-state index in [9.17, 15) is 4.79 Å². The number of hydrogen-bond donors (Lipinski definition) is 1. The highest BCUT2D eigenvalue weighted by atomic mass is 16.5. The second kappa shape index (κ2) is 6.99. The van der Waals surface area contributed by atoms with Gasteiger partial charge in [0.05, 0.1) is 25.5 Å². The van der Waals surface area contributed by atoms with Crippen molar-refractivity contribution in [1.29, 1.82) is 0 Å². The molecule has 5 heteroatoms. The van der Waals surface area contributed by atoms with Crippen LogP contribution in [0.3, 0.4) is 0 Å². The van der Waals surface area contributed by atoms with Crippen molar-refractivity contribution in [3.8, 4) is 5.75 Å². The number of carbonyl (C=O) groups is 1. The van der Waals surface area contributed by atoms with E-state index in [1.807, 2.05) is 24.3 Å². The van der Waals surface area contributed by atoms with Gasteiger partial charge < -0.3 is 19.7 Å². The fourth-order valence-corrected chi connectivity index (χ4v) is 1.87. The minimum Gasteiger partial charge on any atom is -0.491 e. The second-order valence-corrected chi connectivity index (χ2v) is 4.37. The molecule has 0 unspecified atom stereocenters. The summed E-state index contributed by atoms with van der Waals surface area (Å²) in [4.78, 5) is 13.8. The number of para-hydroxylation sites is 2. The first-order chi connectivity index (χ1) is 9.31. The fourth-order valence-electron chi connectivity index (χ4n) is 1.87. The molecule has 1 aliphatic rings. The van der Waals surface area contributed by atoms with E-state index >= 15 is 0 Å². The van der Waals surface area contributed by atoms with Gasteiger partial charge in [-0.2, -0.15) is 0 Å². The van der Waals surface area contributed by atoms with E-state index < -0.39 is 0 Å². The van der Waals surface area contributed by atoms with E-state index in [0.29, 0.717) is 44.3 Å². The van der Waals surface area contributed by atoms with Crippen LogP contribution in [-0.4, -0.2) is 43.8 Å². The summed E-state index contributed by atoms with van der Waals surface area (Å²) in [6, 6.07) is 7.40. The third-order valence-corrected chi connectivity index (χ3v) is 2.89. The van der Waals surface area contributed by atoms with Crippen LogP contribution in [0.15, 0.2) is 24.3 Å². The first-order valence-electron chi connectivity index (χ1n) is 6.66. The Labute approximate surface area is 113 Å². The lowest BCUT2D eigenvalue weighted by atomic mass is 10.3. The van der Waals surface area contributed by atoms with Crippen LogP contribution in [0.4, 0.5) is 10.5 Å². The minimum absolute atomic E-state index is 0.101. The van der Waals surface area contributed by atoms with Gasteiger partial charge in [-0.25, -0.2) is 4.79 Å². The average molecular weight is 264 g/mol. The van der Waals surface area contributed by atoms with Crippen LogP contribution in [0, 0.1) is 0 Å². The molecule has 1 aromatic carbocycles. The van der Waals surface area contributed by atoms with Gasteiger partial charge in [0.1, 0.15) is 5.75 Å². The highest BCUT2D eigenvalue weighted by Gasteiger charge is 2.17. The maximum absolute atomic E-state index is 12.1. The zero-order valence-electron chi connectivity index (χ0n) is 11.2. The standard InChI is InChI=1S/C14H20N2O3/c1-2-9-19-13-6-4-3-5-12(13)15-14(17)16-7-10-18-11-8-16/h3-6H,2,7-11H2,1H3,(H,15,17). The SMILES string of the molecule is CCCOc1ccccc1NC(=O)N1CCOCC1. The molecule has 1 aromatic rings. The largest absolute Gasteiger partial charge is 0.491 e. The lowest BCUT2D eigenvalue weighted by Crippen LogP contribution is -2.43. The van der Waals surface area contributed by atoms with Crippen molar-refractivity contribution in [2.24, 2.45) is 0 Å². The first-order valence-corrected chi connectivity index (χ1v) is 6.66. The fraction of sp³-hybridized carbons (Fsp3) is 0.500. The molecule has 0 spiro atoms. The van der Waals surface area contributed by atoms with E-state index in [4.69, 9.17) is 9.47 Å². The maximum Gasteiger partial charge on any atom is 0.322 e. The lowest BCUT2D eigenvalue weighted by Gasteiger charge is -2.27. The van der Waals surface area contributed by atoms with E-state index in [1.54, 1.807) is 4.90 Å². The average Bonchev–Trinajstić information content (AvgIpc) is 2.47. The third-order valence-electron chi connectivity index (χ3n) is 2.89. The summed E-state index contributed by atoms with van der Waals surface area (Å²) >= 11 is 0. The number of urea groups is 1. The molecule has 0 bridgehead atoms. The quantitative estimate of drug-likeness (QED) is 0.908. The summed E-state index contributed by atoms with van der Waals surface area (Å²) < 4.78 is 10.8. The number of carbonyl (C=O) groups excluding carboxylic acids is 1. The highest BCUT2D eigenvalue weighted by molar-refractivity contribution is 5.91. The Kier molecular flexibility index (Phi) is 5.03. The predicted octanol–water partition coefficient (Wildman–Crippen LogP) is 2.34. The molecule has 1 N–H and O–H groups in total. The molecule has 19 heavy (non-hydrogen) atoms. The van der Waals surface area contributed by atoms with Gasteiger partial charge >= 0.3 is 6.03 Å². The van der Waals surface area contributed by atoms with Crippen molar-refractivity contribution in [3.05, 3.63) is 24.3 Å². The zero-order valence-corrected chi connectivity index (χ0v) is 11.2. The summed E-state index contributed by atoms with van der Waals surface area (Å²) in [5.41, 5.74) is 0.715. The summed E-state index contributed by atoms with van der Waals surface area (Å²) in [5, 5.41) is 2.90. The molecule has 0 aromatic heterocycles. The highest BCUT2D eigenvalue weighted by Crippen LogP contribution is 2.24. The van der Waals surface area contributed by atoms with Gasteiger partial charge in [-0.1, -0.05) is 19.1 Å². The van der Waals surface area contributed by atoms with Gasteiger partial charge in [0.15, 0.2) is 0 Å². The summed E-state index contributed by atoms with van der Waals surface area (Å²) in [6.45, 7) is 5.15. The molecule has 1 saturated heterocycles. The van der Waals surface area contributed by atoms with Gasteiger partial charge in [0, 0.05) is 13.1 Å². The van der Waals surface area contributed by atoms with Gasteiger partial charge in [-0.3, -0.25) is 0 Å². The molecular weight excluding hydrogens is 244 g/mol. The normalized spacial score (nSPS) is 15.1. The summed E-state index contributed by atoms with van der Waals surface area (Å²) in [7, 11) is 0. The molecule has 2 rings (SSSR count). The topological polar surface area (TPSA) is 50.8 Å². The van der Waals surface area contributed by atoms with Crippen LogP contribution in [0.2, 0.25) is 0 Å². The number of nitrogens with zero attached hydrogens (tertiary/aromatic N) is 1.